The number of aromatic nitrogens is 2. The van der Waals surface area contributed by atoms with E-state index in [4.69, 9.17) is 21.1 Å². The van der Waals surface area contributed by atoms with Crippen LogP contribution < -0.4 is 9.47 Å². The van der Waals surface area contributed by atoms with Gasteiger partial charge in [-0.1, -0.05) is 41.9 Å². The van der Waals surface area contributed by atoms with E-state index in [2.05, 4.69) is 4.98 Å². The zero-order valence-electron chi connectivity index (χ0n) is 15.7. The molecular formula is C23H21ClN2O3. The first-order valence-electron chi connectivity index (χ1n) is 9.37. The topological polar surface area (TPSA) is 56.5 Å². The lowest BCUT2D eigenvalue weighted by Gasteiger charge is -2.16. The van der Waals surface area contributed by atoms with Gasteiger partial charge in [0.25, 0.3) is 0 Å². The summed E-state index contributed by atoms with van der Waals surface area (Å²) in [6.45, 7) is 0.818. The first-order chi connectivity index (χ1) is 14.2. The monoisotopic (exact) mass is 408 g/mol. The Morgan fingerprint density at radius 1 is 0.862 bits per heavy atom. The van der Waals surface area contributed by atoms with E-state index >= 15 is 0 Å². The van der Waals surface area contributed by atoms with E-state index < -0.39 is 6.10 Å². The average Bonchev–Trinajstić information content (AvgIpc) is 3.10. The fourth-order valence-corrected chi connectivity index (χ4v) is 3.22. The molecule has 0 fully saturated rings. The lowest BCUT2D eigenvalue weighted by Crippen LogP contribution is -2.25. The van der Waals surface area contributed by atoms with Gasteiger partial charge in [0.05, 0.1) is 17.6 Å². The third kappa shape index (κ3) is 4.88. The number of ether oxygens (including phenoxy) is 2. The molecule has 0 amide bonds. The highest BCUT2D eigenvalue weighted by atomic mass is 35.5. The predicted octanol–water partition coefficient (Wildman–Crippen LogP) is 4.71. The van der Waals surface area contributed by atoms with Crippen molar-refractivity contribution in [1.82, 2.24) is 9.55 Å². The van der Waals surface area contributed by atoms with Gasteiger partial charge in [-0.2, -0.15) is 0 Å². The van der Waals surface area contributed by atoms with E-state index in [0.29, 0.717) is 23.9 Å². The van der Waals surface area contributed by atoms with E-state index in [-0.39, 0.29) is 6.61 Å². The van der Waals surface area contributed by atoms with Gasteiger partial charge in [-0.05, 0) is 48.5 Å². The average molecular weight is 409 g/mol. The molecule has 4 rings (SSSR count). The van der Waals surface area contributed by atoms with Gasteiger partial charge in [0, 0.05) is 5.02 Å². The number of aliphatic hydroxyl groups excluding tert-OH is 1. The van der Waals surface area contributed by atoms with Crippen LogP contribution in [-0.2, 0) is 13.2 Å². The van der Waals surface area contributed by atoms with Crippen molar-refractivity contribution in [1.29, 1.82) is 0 Å². The summed E-state index contributed by atoms with van der Waals surface area (Å²) in [5.41, 5.74) is 1.81. The Kier molecular flexibility index (Phi) is 5.98. The molecule has 0 bridgehead atoms. The van der Waals surface area contributed by atoms with Gasteiger partial charge in [0.1, 0.15) is 36.6 Å². The van der Waals surface area contributed by atoms with Crippen LogP contribution in [0.3, 0.4) is 0 Å². The highest BCUT2D eigenvalue weighted by molar-refractivity contribution is 6.30. The lowest BCUT2D eigenvalue weighted by molar-refractivity contribution is 0.0917. The third-order valence-corrected chi connectivity index (χ3v) is 4.75. The van der Waals surface area contributed by atoms with Crippen molar-refractivity contribution in [3.8, 4) is 11.5 Å². The fraction of sp³-hybridized carbons (Fsp3) is 0.174. The molecule has 6 heteroatoms. The van der Waals surface area contributed by atoms with Gasteiger partial charge in [0.2, 0.25) is 0 Å². The van der Waals surface area contributed by atoms with E-state index in [1.54, 1.807) is 24.3 Å². The number of imidazole rings is 1. The SMILES string of the molecule is O[C@H](COc1ccc(Cl)cc1)Cn1c(COc2ccccc2)nc2ccccc21. The number of fused-ring (bicyclic) bond motifs is 1. The van der Waals surface area contributed by atoms with Crippen molar-refractivity contribution in [3.63, 3.8) is 0 Å². The van der Waals surface area contributed by atoms with Crippen molar-refractivity contribution in [2.45, 2.75) is 19.3 Å². The van der Waals surface area contributed by atoms with Crippen LogP contribution in [0, 0.1) is 0 Å². The normalized spacial score (nSPS) is 12.1. The Labute approximate surface area is 174 Å². The van der Waals surface area contributed by atoms with Gasteiger partial charge in [-0.15, -0.1) is 0 Å². The first kappa shape index (κ1) is 19.3. The number of benzene rings is 3. The van der Waals surface area contributed by atoms with Crippen LogP contribution in [0.5, 0.6) is 11.5 Å². The summed E-state index contributed by atoms with van der Waals surface area (Å²) in [5.74, 6) is 2.19. The van der Waals surface area contributed by atoms with Crippen LogP contribution in [-0.4, -0.2) is 27.4 Å². The Morgan fingerprint density at radius 2 is 1.55 bits per heavy atom. The van der Waals surface area contributed by atoms with Crippen molar-refractivity contribution in [2.75, 3.05) is 6.61 Å². The second-order valence-electron chi connectivity index (χ2n) is 6.65. The number of para-hydroxylation sites is 3. The third-order valence-electron chi connectivity index (χ3n) is 4.49. The highest BCUT2D eigenvalue weighted by Crippen LogP contribution is 2.20. The summed E-state index contributed by atoms with van der Waals surface area (Å²) in [6.07, 6.45) is -0.709. The Bertz CT molecular complexity index is 1060. The van der Waals surface area contributed by atoms with Crippen LogP contribution >= 0.6 is 11.6 Å². The predicted molar refractivity (Wildman–Crippen MR) is 113 cm³/mol. The maximum Gasteiger partial charge on any atom is 0.148 e. The zero-order chi connectivity index (χ0) is 20.1. The number of rotatable bonds is 8. The van der Waals surface area contributed by atoms with Crippen LogP contribution in [0.4, 0.5) is 0 Å². The van der Waals surface area contributed by atoms with Gasteiger partial charge in [-0.3, -0.25) is 0 Å². The van der Waals surface area contributed by atoms with Crippen molar-refractivity contribution in [3.05, 3.63) is 89.7 Å². The first-order valence-corrected chi connectivity index (χ1v) is 9.75. The summed E-state index contributed by atoms with van der Waals surface area (Å²) < 4.78 is 13.5. The fourth-order valence-electron chi connectivity index (χ4n) is 3.09. The summed E-state index contributed by atoms with van der Waals surface area (Å²) in [6, 6.07) is 24.5. The van der Waals surface area contributed by atoms with E-state index in [1.165, 1.54) is 0 Å². The maximum atomic E-state index is 10.6. The summed E-state index contributed by atoms with van der Waals surface area (Å²) in [4.78, 5) is 4.68. The number of halogens is 1. The zero-order valence-corrected chi connectivity index (χ0v) is 16.5. The van der Waals surface area contributed by atoms with Crippen LogP contribution in [0.2, 0.25) is 5.02 Å². The summed E-state index contributed by atoms with van der Waals surface area (Å²) in [7, 11) is 0. The molecule has 0 saturated carbocycles. The van der Waals surface area contributed by atoms with E-state index in [9.17, 15) is 5.11 Å². The molecule has 0 aliphatic rings. The molecule has 1 atom stereocenters. The molecule has 3 aromatic carbocycles. The minimum Gasteiger partial charge on any atom is -0.491 e. The van der Waals surface area contributed by atoms with Crippen LogP contribution in [0.1, 0.15) is 5.82 Å². The summed E-state index contributed by atoms with van der Waals surface area (Å²) >= 11 is 5.89. The molecule has 0 aliphatic heterocycles. The minimum absolute atomic E-state index is 0.160. The number of nitrogens with zero attached hydrogens (tertiary/aromatic N) is 2. The molecule has 4 aromatic rings. The van der Waals surface area contributed by atoms with Crippen molar-refractivity contribution < 1.29 is 14.6 Å². The maximum absolute atomic E-state index is 10.6. The molecule has 0 aliphatic carbocycles. The molecule has 1 N–H and O–H groups in total. The smallest absolute Gasteiger partial charge is 0.148 e. The van der Waals surface area contributed by atoms with E-state index in [1.807, 2.05) is 59.2 Å². The number of hydrogen-bond donors (Lipinski definition) is 1. The molecule has 0 unspecified atom stereocenters. The Balaban J connectivity index is 1.48. The molecule has 0 spiro atoms. The highest BCUT2D eigenvalue weighted by Gasteiger charge is 2.15. The Morgan fingerprint density at radius 3 is 2.34 bits per heavy atom. The second-order valence-corrected chi connectivity index (χ2v) is 7.08. The van der Waals surface area contributed by atoms with E-state index in [0.717, 1.165) is 22.6 Å². The van der Waals surface area contributed by atoms with Crippen LogP contribution in [0.15, 0.2) is 78.9 Å². The van der Waals surface area contributed by atoms with Gasteiger partial charge in [-0.25, -0.2) is 4.98 Å². The molecule has 148 valence electrons. The van der Waals surface area contributed by atoms with Gasteiger partial charge < -0.3 is 19.1 Å². The van der Waals surface area contributed by atoms with Crippen molar-refractivity contribution in [2.24, 2.45) is 0 Å². The lowest BCUT2D eigenvalue weighted by atomic mass is 10.3. The van der Waals surface area contributed by atoms with Crippen LogP contribution in [0.25, 0.3) is 11.0 Å². The quantitative estimate of drug-likeness (QED) is 0.458. The van der Waals surface area contributed by atoms with Gasteiger partial charge >= 0.3 is 0 Å². The molecule has 1 heterocycles. The molecule has 5 nitrogen and oxygen atoms in total. The van der Waals surface area contributed by atoms with Crippen molar-refractivity contribution >= 4 is 22.6 Å². The molecular weight excluding hydrogens is 388 g/mol. The molecule has 0 radical (unpaired) electrons. The number of hydrogen-bond acceptors (Lipinski definition) is 4. The molecule has 29 heavy (non-hydrogen) atoms. The van der Waals surface area contributed by atoms with Gasteiger partial charge in [0.15, 0.2) is 0 Å². The minimum atomic E-state index is -0.709. The largest absolute Gasteiger partial charge is 0.491 e. The Hall–Kier alpha value is -3.02. The number of aliphatic hydroxyl groups is 1. The summed E-state index contributed by atoms with van der Waals surface area (Å²) in [5, 5.41) is 11.2. The second kappa shape index (κ2) is 8.99. The standard InChI is InChI=1S/C23H21ClN2O3/c24-17-10-12-20(13-11-17)28-15-18(27)14-26-22-9-5-4-8-21(22)25-23(26)16-29-19-6-2-1-3-7-19/h1-13,18,27H,14-16H2/t18-/m0/s1. The molecule has 0 saturated heterocycles. The molecule has 1 aromatic heterocycles.